The number of ether oxygens (including phenoxy) is 1. The Bertz CT molecular complexity index is 506. The molecule has 120 valence electrons. The maximum Gasteiger partial charge on any atom is 1.00 e. The summed E-state index contributed by atoms with van der Waals surface area (Å²) in [5.74, 6) is -10.5. The van der Waals surface area contributed by atoms with Crippen LogP contribution in [-0.4, -0.2) is 42.3 Å². The van der Waals surface area contributed by atoms with Gasteiger partial charge in [-0.2, -0.15) is 35.1 Å². The van der Waals surface area contributed by atoms with Crippen LogP contribution in [0.15, 0.2) is 0 Å². The van der Waals surface area contributed by atoms with Gasteiger partial charge in [0.2, 0.25) is 0 Å². The summed E-state index contributed by atoms with van der Waals surface area (Å²) in [5.41, 5.74) is 0. The van der Waals surface area contributed by atoms with Gasteiger partial charge in [0.15, 0.2) is 10.1 Å². The van der Waals surface area contributed by atoms with Crippen LogP contribution >= 0.6 is 0 Å². The molecule has 1 unspecified atom stereocenters. The number of carboxylic acid groups (broad SMARTS) is 1. The first-order valence-electron chi connectivity index (χ1n) is 3.78. The maximum atomic E-state index is 12.7. The molecule has 6 nitrogen and oxygen atoms in total. The van der Waals surface area contributed by atoms with E-state index in [0.717, 1.165) is 0 Å². The third-order valence-electron chi connectivity index (χ3n) is 1.55. The number of hydrogen-bond donors (Lipinski definition) is 0. The average molecular weight is 386 g/mol. The van der Waals surface area contributed by atoms with Crippen molar-refractivity contribution in [3.8, 4) is 0 Å². The fourth-order valence-electron chi connectivity index (χ4n) is 0.597. The molecule has 0 radical (unpaired) electrons. The molecule has 1 atom stereocenters. The average Bonchev–Trinajstić information content (AvgIpc) is 2.12. The van der Waals surface area contributed by atoms with Crippen molar-refractivity contribution in [1.29, 1.82) is 0 Å². The zero-order valence-corrected chi connectivity index (χ0v) is 15.2. The minimum Gasteiger partial charge on any atom is -0.743 e. The SMILES string of the molecule is O=C([O-])C(F)(OC(F)(F)C(F)(F)S(=O)(=O)[O-])C(F)(F)F.[Na+].[Na+]. The van der Waals surface area contributed by atoms with E-state index in [9.17, 15) is 58.0 Å². The molecule has 0 aromatic heterocycles. The van der Waals surface area contributed by atoms with Crippen molar-refractivity contribution in [1.82, 2.24) is 0 Å². The summed E-state index contributed by atoms with van der Waals surface area (Å²) in [5, 5.41) is 2.91. The van der Waals surface area contributed by atoms with Crippen LogP contribution in [-0.2, 0) is 19.6 Å². The maximum absolute atomic E-state index is 12.7. The van der Waals surface area contributed by atoms with Gasteiger partial charge in [-0.1, -0.05) is 0 Å². The number of rotatable bonds is 5. The Morgan fingerprint density at radius 1 is 0.909 bits per heavy atom. The van der Waals surface area contributed by atoms with E-state index in [0.29, 0.717) is 0 Å². The summed E-state index contributed by atoms with van der Waals surface area (Å²) >= 11 is 0. The Morgan fingerprint density at radius 3 is 1.41 bits per heavy atom. The third kappa shape index (κ3) is 5.14. The number of aliphatic carboxylic acids is 1. The summed E-state index contributed by atoms with van der Waals surface area (Å²) in [6.45, 7) is 0. The predicted octanol–water partition coefficient (Wildman–Crippen LogP) is -6.28. The van der Waals surface area contributed by atoms with E-state index in [1.807, 2.05) is 0 Å². The molecule has 0 amide bonds. The normalized spacial score (nSPS) is 16.0. The molecule has 0 spiro atoms. The summed E-state index contributed by atoms with van der Waals surface area (Å²) in [6.07, 6.45) is -13.8. The molecule has 17 heteroatoms. The van der Waals surface area contributed by atoms with E-state index < -0.39 is 39.5 Å². The quantitative estimate of drug-likeness (QED) is 0.265. The van der Waals surface area contributed by atoms with Gasteiger partial charge in [-0.25, -0.2) is 8.42 Å². The topological polar surface area (TPSA) is 107 Å². The van der Waals surface area contributed by atoms with Crippen molar-refractivity contribution in [3.05, 3.63) is 0 Å². The fourth-order valence-corrected chi connectivity index (χ4v) is 0.930. The second-order valence-corrected chi connectivity index (χ2v) is 4.39. The van der Waals surface area contributed by atoms with Gasteiger partial charge in [0.25, 0.3) is 0 Å². The van der Waals surface area contributed by atoms with Gasteiger partial charge in [-0.3, -0.25) is 4.74 Å². The number of halogens is 8. The molecule has 0 saturated heterocycles. The van der Waals surface area contributed by atoms with E-state index in [-0.39, 0.29) is 59.1 Å². The van der Waals surface area contributed by atoms with Crippen LogP contribution in [0.1, 0.15) is 0 Å². The van der Waals surface area contributed by atoms with E-state index in [1.165, 1.54) is 0 Å². The predicted molar refractivity (Wildman–Crippen MR) is 35.6 cm³/mol. The van der Waals surface area contributed by atoms with Crippen LogP contribution in [0.5, 0.6) is 0 Å². The van der Waals surface area contributed by atoms with Gasteiger partial charge in [-0.05, 0) is 0 Å². The van der Waals surface area contributed by atoms with Gasteiger partial charge in [0.1, 0.15) is 5.97 Å². The van der Waals surface area contributed by atoms with E-state index >= 15 is 0 Å². The van der Waals surface area contributed by atoms with Crippen molar-refractivity contribution in [2.24, 2.45) is 0 Å². The summed E-state index contributed by atoms with van der Waals surface area (Å²) < 4.78 is 129. The number of carbonyl (C=O) groups is 1. The molecule has 0 aromatic rings. The van der Waals surface area contributed by atoms with E-state index in [2.05, 4.69) is 0 Å². The Hall–Kier alpha value is 0.780. The second-order valence-electron chi connectivity index (χ2n) is 2.97. The number of hydrogen-bond acceptors (Lipinski definition) is 6. The molecule has 0 aliphatic heterocycles. The zero-order chi connectivity index (χ0) is 16.8. The first-order chi connectivity index (χ1) is 8.40. The molecular formula is C5F8Na2O6S. The summed E-state index contributed by atoms with van der Waals surface area (Å²) in [6, 6.07) is 0. The Morgan fingerprint density at radius 2 is 1.23 bits per heavy atom. The van der Waals surface area contributed by atoms with E-state index in [4.69, 9.17) is 0 Å². The van der Waals surface area contributed by atoms with Crippen LogP contribution < -0.4 is 64.2 Å². The van der Waals surface area contributed by atoms with Crippen molar-refractivity contribution in [2.45, 2.75) is 23.4 Å². The van der Waals surface area contributed by atoms with Gasteiger partial charge in [0.05, 0.1) is 0 Å². The second kappa shape index (κ2) is 7.77. The molecule has 0 bridgehead atoms. The van der Waals surface area contributed by atoms with Crippen LogP contribution in [0, 0.1) is 0 Å². The molecule has 0 saturated carbocycles. The number of alkyl halides is 8. The molecular weight excluding hydrogens is 386 g/mol. The van der Waals surface area contributed by atoms with Crippen molar-refractivity contribution in [2.75, 3.05) is 0 Å². The van der Waals surface area contributed by atoms with Crippen molar-refractivity contribution >= 4 is 16.1 Å². The van der Waals surface area contributed by atoms with Gasteiger partial charge >= 0.3 is 82.5 Å². The van der Waals surface area contributed by atoms with Gasteiger partial charge in [0, 0.05) is 0 Å². The summed E-state index contributed by atoms with van der Waals surface area (Å²) in [4.78, 5) is 9.79. The van der Waals surface area contributed by atoms with Crippen LogP contribution in [0.25, 0.3) is 0 Å². The molecule has 0 aromatic carbocycles. The van der Waals surface area contributed by atoms with Crippen LogP contribution in [0.4, 0.5) is 35.1 Å². The van der Waals surface area contributed by atoms with Crippen molar-refractivity contribution in [3.63, 3.8) is 0 Å². The van der Waals surface area contributed by atoms with Crippen LogP contribution in [0.3, 0.4) is 0 Å². The Kier molecular flexibility index (Phi) is 9.76. The number of carbonyl (C=O) groups excluding carboxylic acids is 1. The molecule has 0 heterocycles. The monoisotopic (exact) mass is 386 g/mol. The van der Waals surface area contributed by atoms with Gasteiger partial charge < -0.3 is 14.5 Å². The smallest absolute Gasteiger partial charge is 0.743 e. The largest absolute Gasteiger partial charge is 1.00 e. The van der Waals surface area contributed by atoms with Crippen LogP contribution in [0.2, 0.25) is 0 Å². The molecule has 0 N–H and O–H groups in total. The zero-order valence-electron chi connectivity index (χ0n) is 10.4. The Balaban J connectivity index is -0.00000180. The minimum absolute atomic E-state index is 0. The van der Waals surface area contributed by atoms with Gasteiger partial charge in [-0.15, -0.1) is 0 Å². The molecule has 0 rings (SSSR count). The Labute approximate surface area is 160 Å². The molecule has 0 aliphatic rings. The van der Waals surface area contributed by atoms with E-state index in [1.54, 1.807) is 4.74 Å². The van der Waals surface area contributed by atoms with Crippen molar-refractivity contribution < 1.29 is 122 Å². The molecule has 0 aliphatic carbocycles. The minimum atomic E-state index is -7.31. The molecule has 22 heavy (non-hydrogen) atoms. The first kappa shape index (κ1) is 27.6. The molecule has 0 fully saturated rings. The summed E-state index contributed by atoms with van der Waals surface area (Å²) in [7, 11) is -7.31. The standard InChI is InChI=1S/C5H2F8O6S.2Na/c6-2(1(14)15,3(7,8)9)19-4(10,11)5(12,13)20(16,17)18;;/h(H,14,15)(H,16,17,18);;/q;2*+1/p-2. The number of carboxylic acids is 1. The fraction of sp³-hybridized carbons (Fsp3) is 0.800. The third-order valence-corrected chi connectivity index (χ3v) is 2.41. The first-order valence-corrected chi connectivity index (χ1v) is 5.19.